The quantitative estimate of drug-likeness (QED) is 0.603. The van der Waals surface area contributed by atoms with E-state index in [1.54, 1.807) is 0 Å². The molecule has 1 aromatic heterocycles. The fraction of sp³-hybridized carbons (Fsp3) is 0.167. The van der Waals surface area contributed by atoms with E-state index in [0.717, 1.165) is 18.4 Å². The zero-order valence-electron chi connectivity index (χ0n) is 11.2. The van der Waals surface area contributed by atoms with Crippen LogP contribution in [0.5, 0.6) is 0 Å². The first kappa shape index (κ1) is 13.1. The first-order chi connectivity index (χ1) is 9.83. The highest BCUT2D eigenvalue weighted by molar-refractivity contribution is 6.20. The first-order valence-electron chi connectivity index (χ1n) is 6.85. The third-order valence-corrected chi connectivity index (χ3v) is 3.99. The molecule has 1 atom stereocenters. The lowest BCUT2D eigenvalue weighted by atomic mass is 10.0. The van der Waals surface area contributed by atoms with Gasteiger partial charge < -0.3 is 0 Å². The molecule has 2 heteroatoms. The second-order valence-electron chi connectivity index (χ2n) is 4.95. The number of aromatic nitrogens is 1. The molecule has 0 aliphatic rings. The molecule has 0 spiro atoms. The highest BCUT2D eigenvalue weighted by Gasteiger charge is 2.07. The van der Waals surface area contributed by atoms with Crippen LogP contribution >= 0.6 is 11.6 Å². The summed E-state index contributed by atoms with van der Waals surface area (Å²) in [6.07, 6.45) is 3.74. The number of pyridine rings is 1. The van der Waals surface area contributed by atoms with Crippen molar-refractivity contribution >= 4 is 22.5 Å². The van der Waals surface area contributed by atoms with Gasteiger partial charge in [0.1, 0.15) is 0 Å². The number of nitrogens with zero attached hydrogens (tertiary/aromatic N) is 1. The summed E-state index contributed by atoms with van der Waals surface area (Å²) in [6, 6.07) is 20.7. The molecule has 0 radical (unpaired) electrons. The van der Waals surface area contributed by atoms with E-state index in [1.165, 1.54) is 16.5 Å². The summed E-state index contributed by atoms with van der Waals surface area (Å²) in [5.41, 5.74) is 3.53. The number of benzene rings is 2. The zero-order chi connectivity index (χ0) is 13.8. The molecule has 100 valence electrons. The van der Waals surface area contributed by atoms with E-state index in [0.29, 0.717) is 0 Å². The van der Waals surface area contributed by atoms with Gasteiger partial charge in [0.25, 0.3) is 0 Å². The molecule has 1 nitrogen and oxygen atoms in total. The third-order valence-electron chi connectivity index (χ3n) is 3.52. The Morgan fingerprint density at radius 3 is 2.65 bits per heavy atom. The van der Waals surface area contributed by atoms with Crippen LogP contribution in [0.4, 0.5) is 0 Å². The van der Waals surface area contributed by atoms with Crippen molar-refractivity contribution in [2.75, 3.05) is 0 Å². The van der Waals surface area contributed by atoms with Gasteiger partial charge in [-0.15, -0.1) is 11.6 Å². The maximum absolute atomic E-state index is 6.46. The van der Waals surface area contributed by atoms with Crippen LogP contribution in [0.3, 0.4) is 0 Å². The minimum Gasteiger partial charge on any atom is -0.256 e. The minimum atomic E-state index is 0.0654. The fourth-order valence-corrected chi connectivity index (χ4v) is 2.64. The predicted molar refractivity (Wildman–Crippen MR) is 85.1 cm³/mol. The van der Waals surface area contributed by atoms with Crippen molar-refractivity contribution < 1.29 is 0 Å². The van der Waals surface area contributed by atoms with Gasteiger partial charge in [-0.3, -0.25) is 4.98 Å². The zero-order valence-corrected chi connectivity index (χ0v) is 11.9. The van der Waals surface area contributed by atoms with Crippen molar-refractivity contribution in [2.45, 2.75) is 18.2 Å². The lowest BCUT2D eigenvalue weighted by Crippen LogP contribution is -1.94. The topological polar surface area (TPSA) is 12.9 Å². The summed E-state index contributed by atoms with van der Waals surface area (Å²) < 4.78 is 0. The van der Waals surface area contributed by atoms with Crippen molar-refractivity contribution in [3.05, 3.63) is 78.0 Å². The van der Waals surface area contributed by atoms with Crippen LogP contribution in [0.25, 0.3) is 10.9 Å². The van der Waals surface area contributed by atoms with Gasteiger partial charge in [-0.1, -0.05) is 48.5 Å². The highest BCUT2D eigenvalue weighted by Crippen LogP contribution is 2.26. The van der Waals surface area contributed by atoms with Gasteiger partial charge >= 0.3 is 0 Å². The Morgan fingerprint density at radius 1 is 0.950 bits per heavy atom. The first-order valence-corrected chi connectivity index (χ1v) is 7.29. The predicted octanol–water partition coefficient (Wildman–Crippen LogP) is 5.15. The lowest BCUT2D eigenvalue weighted by molar-refractivity contribution is 0.794. The van der Waals surface area contributed by atoms with Crippen molar-refractivity contribution in [1.29, 1.82) is 0 Å². The van der Waals surface area contributed by atoms with Crippen LogP contribution in [0.15, 0.2) is 66.9 Å². The van der Waals surface area contributed by atoms with Gasteiger partial charge in [-0.2, -0.15) is 0 Å². The summed E-state index contributed by atoms with van der Waals surface area (Å²) in [5.74, 6) is 0. The largest absolute Gasteiger partial charge is 0.256 e. The number of hydrogen-bond donors (Lipinski definition) is 0. The van der Waals surface area contributed by atoms with Crippen molar-refractivity contribution in [1.82, 2.24) is 4.98 Å². The van der Waals surface area contributed by atoms with Crippen LogP contribution in [0, 0.1) is 0 Å². The summed E-state index contributed by atoms with van der Waals surface area (Å²) in [6.45, 7) is 0. The van der Waals surface area contributed by atoms with E-state index >= 15 is 0 Å². The van der Waals surface area contributed by atoms with E-state index in [4.69, 9.17) is 11.6 Å². The standard InChI is InChI=1S/C18H16ClN/c19-17(15-5-2-1-3-6-15)11-9-14-8-10-16-7-4-12-20-18(16)13-14/h1-8,10,12-13,17H,9,11H2. The van der Waals surface area contributed by atoms with E-state index < -0.39 is 0 Å². The van der Waals surface area contributed by atoms with Gasteiger partial charge in [-0.05, 0) is 36.1 Å². The molecule has 0 amide bonds. The number of hydrogen-bond acceptors (Lipinski definition) is 1. The molecule has 0 fully saturated rings. The Kier molecular flexibility index (Phi) is 3.98. The average Bonchev–Trinajstić information content (AvgIpc) is 2.53. The Labute approximate surface area is 124 Å². The molecule has 0 aliphatic heterocycles. The second kappa shape index (κ2) is 6.06. The molecular weight excluding hydrogens is 266 g/mol. The molecule has 0 saturated heterocycles. The molecule has 20 heavy (non-hydrogen) atoms. The monoisotopic (exact) mass is 281 g/mol. The maximum atomic E-state index is 6.46. The van der Waals surface area contributed by atoms with Gasteiger partial charge in [-0.25, -0.2) is 0 Å². The number of rotatable bonds is 4. The van der Waals surface area contributed by atoms with Crippen LogP contribution in [-0.4, -0.2) is 4.98 Å². The summed E-state index contributed by atoms with van der Waals surface area (Å²) >= 11 is 6.46. The fourth-order valence-electron chi connectivity index (χ4n) is 2.39. The van der Waals surface area contributed by atoms with E-state index in [-0.39, 0.29) is 5.38 Å². The Morgan fingerprint density at radius 2 is 1.80 bits per heavy atom. The summed E-state index contributed by atoms with van der Waals surface area (Å²) in [4.78, 5) is 4.39. The van der Waals surface area contributed by atoms with Gasteiger partial charge in [0.2, 0.25) is 0 Å². The minimum absolute atomic E-state index is 0.0654. The Hall–Kier alpha value is -1.86. The van der Waals surface area contributed by atoms with Gasteiger partial charge in [0.15, 0.2) is 0 Å². The van der Waals surface area contributed by atoms with Gasteiger partial charge in [0.05, 0.1) is 10.9 Å². The highest BCUT2D eigenvalue weighted by atomic mass is 35.5. The van der Waals surface area contributed by atoms with Crippen molar-refractivity contribution in [2.24, 2.45) is 0 Å². The van der Waals surface area contributed by atoms with Crippen LogP contribution in [0.2, 0.25) is 0 Å². The second-order valence-corrected chi connectivity index (χ2v) is 5.47. The van der Waals surface area contributed by atoms with Gasteiger partial charge in [0, 0.05) is 11.6 Å². The lowest BCUT2D eigenvalue weighted by Gasteiger charge is -2.10. The number of alkyl halides is 1. The van der Waals surface area contributed by atoms with Crippen molar-refractivity contribution in [3.63, 3.8) is 0 Å². The van der Waals surface area contributed by atoms with Crippen LogP contribution in [0.1, 0.15) is 22.9 Å². The SMILES string of the molecule is ClC(CCc1ccc2cccnc2c1)c1ccccc1. The van der Waals surface area contributed by atoms with Crippen LogP contribution < -0.4 is 0 Å². The molecule has 3 rings (SSSR count). The molecule has 0 saturated carbocycles. The third kappa shape index (κ3) is 3.00. The summed E-state index contributed by atoms with van der Waals surface area (Å²) in [7, 11) is 0. The van der Waals surface area contributed by atoms with Crippen LogP contribution in [-0.2, 0) is 6.42 Å². The molecule has 3 aromatic rings. The number of halogens is 1. The number of aryl methyl sites for hydroxylation is 1. The molecule has 0 aliphatic carbocycles. The molecule has 1 heterocycles. The van der Waals surface area contributed by atoms with E-state index in [9.17, 15) is 0 Å². The molecule has 0 N–H and O–H groups in total. The summed E-state index contributed by atoms with van der Waals surface area (Å²) in [5, 5.41) is 1.25. The molecule has 1 unspecified atom stereocenters. The maximum Gasteiger partial charge on any atom is 0.0704 e. The molecular formula is C18H16ClN. The Bertz CT molecular complexity index is 694. The molecule has 2 aromatic carbocycles. The molecule has 0 bridgehead atoms. The number of fused-ring (bicyclic) bond motifs is 1. The van der Waals surface area contributed by atoms with Crippen molar-refractivity contribution in [3.8, 4) is 0 Å². The Balaban J connectivity index is 1.70. The van der Waals surface area contributed by atoms with E-state index in [1.807, 2.05) is 30.5 Å². The van der Waals surface area contributed by atoms with E-state index in [2.05, 4.69) is 41.4 Å². The normalized spacial score (nSPS) is 12.4. The smallest absolute Gasteiger partial charge is 0.0704 e. The average molecular weight is 282 g/mol.